The van der Waals surface area contributed by atoms with Gasteiger partial charge in [0.15, 0.2) is 0 Å². The van der Waals surface area contributed by atoms with E-state index < -0.39 is 6.10 Å². The Kier molecular flexibility index (Phi) is 3.07. The van der Waals surface area contributed by atoms with Crippen LogP contribution in [0.15, 0.2) is 48.5 Å². The first-order chi connectivity index (χ1) is 7.66. The van der Waals surface area contributed by atoms with Crippen molar-refractivity contribution >= 4 is 0 Å². The van der Waals surface area contributed by atoms with Gasteiger partial charge in [-0.05, 0) is 25.0 Å². The van der Waals surface area contributed by atoms with Gasteiger partial charge in [0, 0.05) is 0 Å². The molecule has 2 rings (SSSR count). The fraction of sp³-hybridized carbons (Fsp3) is 0.200. The number of hydrogen-bond donors (Lipinski definition) is 1. The molecule has 0 aromatic heterocycles. The second kappa shape index (κ2) is 4.50. The summed E-state index contributed by atoms with van der Waals surface area (Å²) in [5.41, 5.74) is 4.30. The van der Waals surface area contributed by atoms with Crippen LogP contribution in [0.2, 0.25) is 0 Å². The summed E-state index contributed by atoms with van der Waals surface area (Å²) in [6.45, 7) is 4.09. The van der Waals surface area contributed by atoms with Crippen LogP contribution in [-0.4, -0.2) is 5.11 Å². The molecule has 1 N–H and O–H groups in total. The molecule has 2 aromatic rings. The van der Waals surface area contributed by atoms with Gasteiger partial charge in [-0.25, -0.2) is 0 Å². The van der Waals surface area contributed by atoms with Crippen LogP contribution in [-0.2, 0) is 0 Å². The summed E-state index contributed by atoms with van der Waals surface area (Å²) < 4.78 is 0. The largest absolute Gasteiger partial charge is 0.384 e. The fourth-order valence-corrected chi connectivity index (χ4v) is 1.69. The van der Waals surface area contributed by atoms with Gasteiger partial charge in [0.1, 0.15) is 6.10 Å². The molecule has 0 unspecified atom stereocenters. The number of rotatable bonds is 2. The minimum atomic E-state index is -0.527. The summed E-state index contributed by atoms with van der Waals surface area (Å²) in [7, 11) is 0. The average Bonchev–Trinajstić information content (AvgIpc) is 2.30. The van der Waals surface area contributed by atoms with E-state index in [1.165, 1.54) is 11.1 Å². The molecule has 16 heavy (non-hydrogen) atoms. The summed E-state index contributed by atoms with van der Waals surface area (Å²) in [4.78, 5) is 0. The molecule has 0 amide bonds. The Hall–Kier alpha value is -1.60. The Bertz CT molecular complexity index is 408. The molecule has 0 heterocycles. The summed E-state index contributed by atoms with van der Waals surface area (Å²) in [6, 6.07) is 16.0. The van der Waals surface area contributed by atoms with Crippen LogP contribution >= 0.6 is 0 Å². The minimum Gasteiger partial charge on any atom is -0.384 e. The van der Waals surface area contributed by atoms with Crippen LogP contribution in [0, 0.1) is 13.8 Å². The molecule has 1 nitrogen and oxygen atoms in total. The van der Waals surface area contributed by atoms with Crippen molar-refractivity contribution in [1.82, 2.24) is 0 Å². The van der Waals surface area contributed by atoms with Gasteiger partial charge in [-0.2, -0.15) is 0 Å². The highest BCUT2D eigenvalue weighted by atomic mass is 16.3. The molecular weight excluding hydrogens is 196 g/mol. The molecule has 0 radical (unpaired) electrons. The van der Waals surface area contributed by atoms with Crippen LogP contribution < -0.4 is 0 Å². The zero-order valence-electron chi connectivity index (χ0n) is 9.64. The van der Waals surface area contributed by atoms with E-state index in [9.17, 15) is 5.11 Å². The summed E-state index contributed by atoms with van der Waals surface area (Å²) in [6.07, 6.45) is -0.527. The van der Waals surface area contributed by atoms with E-state index in [1.807, 2.05) is 62.4 Å². The predicted octanol–water partition coefficient (Wildman–Crippen LogP) is 3.39. The lowest BCUT2D eigenvalue weighted by molar-refractivity contribution is 0.220. The summed E-state index contributed by atoms with van der Waals surface area (Å²) in [5.74, 6) is 0. The van der Waals surface area contributed by atoms with Crippen molar-refractivity contribution in [3.8, 4) is 0 Å². The molecule has 0 spiro atoms. The van der Waals surface area contributed by atoms with Crippen molar-refractivity contribution in [2.24, 2.45) is 0 Å². The normalized spacial score (nSPS) is 10.8. The molecule has 0 atom stereocenters. The number of aliphatic hydroxyl groups excluding tert-OH is 1. The van der Waals surface area contributed by atoms with E-state index in [0.717, 1.165) is 11.1 Å². The third kappa shape index (κ3) is 2.31. The van der Waals surface area contributed by atoms with E-state index in [-0.39, 0.29) is 0 Å². The Labute approximate surface area is 96.4 Å². The maximum Gasteiger partial charge on any atom is 0.104 e. The monoisotopic (exact) mass is 212 g/mol. The van der Waals surface area contributed by atoms with Gasteiger partial charge in [0.25, 0.3) is 0 Å². The van der Waals surface area contributed by atoms with Gasteiger partial charge < -0.3 is 5.11 Å². The zero-order chi connectivity index (χ0) is 11.5. The van der Waals surface area contributed by atoms with Crippen molar-refractivity contribution in [2.75, 3.05) is 0 Å². The quantitative estimate of drug-likeness (QED) is 0.809. The SMILES string of the molecule is Cc1ccc(C(O)c2ccc(C)cc2)cc1. The van der Waals surface area contributed by atoms with Crippen LogP contribution in [0.25, 0.3) is 0 Å². The molecular formula is C15H16O. The number of hydrogen-bond acceptors (Lipinski definition) is 1. The first-order valence-corrected chi connectivity index (χ1v) is 5.48. The minimum absolute atomic E-state index is 0.527. The smallest absolute Gasteiger partial charge is 0.104 e. The van der Waals surface area contributed by atoms with Crippen LogP contribution in [0.5, 0.6) is 0 Å². The zero-order valence-corrected chi connectivity index (χ0v) is 9.64. The van der Waals surface area contributed by atoms with Crippen molar-refractivity contribution in [1.29, 1.82) is 0 Å². The Morgan fingerprint density at radius 2 is 1.00 bits per heavy atom. The van der Waals surface area contributed by atoms with Crippen LogP contribution in [0.1, 0.15) is 28.4 Å². The standard InChI is InChI=1S/C15H16O/c1-11-3-7-13(8-4-11)15(16)14-9-5-12(2)6-10-14/h3-10,15-16H,1-2H3. The van der Waals surface area contributed by atoms with Gasteiger partial charge in [0.05, 0.1) is 0 Å². The highest BCUT2D eigenvalue weighted by Crippen LogP contribution is 2.22. The Balaban J connectivity index is 2.28. The molecule has 1 heteroatoms. The van der Waals surface area contributed by atoms with Crippen molar-refractivity contribution < 1.29 is 5.11 Å². The predicted molar refractivity (Wildman–Crippen MR) is 66.4 cm³/mol. The van der Waals surface area contributed by atoms with E-state index in [0.29, 0.717) is 0 Å². The lowest BCUT2D eigenvalue weighted by Crippen LogP contribution is -1.99. The van der Waals surface area contributed by atoms with Gasteiger partial charge in [-0.3, -0.25) is 0 Å². The molecule has 0 aliphatic rings. The maximum absolute atomic E-state index is 10.2. The molecule has 82 valence electrons. The van der Waals surface area contributed by atoms with Crippen molar-refractivity contribution in [3.63, 3.8) is 0 Å². The second-order valence-corrected chi connectivity index (χ2v) is 4.22. The molecule has 0 bridgehead atoms. The number of benzene rings is 2. The van der Waals surface area contributed by atoms with Crippen molar-refractivity contribution in [2.45, 2.75) is 20.0 Å². The van der Waals surface area contributed by atoms with Gasteiger partial charge >= 0.3 is 0 Å². The maximum atomic E-state index is 10.2. The highest BCUT2D eigenvalue weighted by Gasteiger charge is 2.09. The van der Waals surface area contributed by atoms with E-state index >= 15 is 0 Å². The third-order valence-electron chi connectivity index (χ3n) is 2.79. The van der Waals surface area contributed by atoms with Gasteiger partial charge in [-0.1, -0.05) is 59.7 Å². The second-order valence-electron chi connectivity index (χ2n) is 4.22. The van der Waals surface area contributed by atoms with Gasteiger partial charge in [0.2, 0.25) is 0 Å². The van der Waals surface area contributed by atoms with Crippen LogP contribution in [0.3, 0.4) is 0 Å². The highest BCUT2D eigenvalue weighted by molar-refractivity contribution is 5.32. The molecule has 0 aliphatic carbocycles. The number of aryl methyl sites for hydroxylation is 2. The first-order valence-electron chi connectivity index (χ1n) is 5.48. The topological polar surface area (TPSA) is 20.2 Å². The van der Waals surface area contributed by atoms with Crippen molar-refractivity contribution in [3.05, 3.63) is 70.8 Å². The lowest BCUT2D eigenvalue weighted by Gasteiger charge is -2.11. The molecule has 0 fully saturated rings. The number of aliphatic hydroxyl groups is 1. The first kappa shape index (κ1) is 10.9. The Morgan fingerprint density at radius 1 is 0.688 bits per heavy atom. The van der Waals surface area contributed by atoms with Gasteiger partial charge in [-0.15, -0.1) is 0 Å². The molecule has 0 aliphatic heterocycles. The fourth-order valence-electron chi connectivity index (χ4n) is 1.69. The molecule has 0 saturated carbocycles. The lowest BCUT2D eigenvalue weighted by atomic mass is 10.00. The average molecular weight is 212 g/mol. The van der Waals surface area contributed by atoms with Crippen LogP contribution in [0.4, 0.5) is 0 Å². The molecule has 0 saturated heterocycles. The Morgan fingerprint density at radius 3 is 1.31 bits per heavy atom. The third-order valence-corrected chi connectivity index (χ3v) is 2.79. The summed E-state index contributed by atoms with van der Waals surface area (Å²) >= 11 is 0. The van der Waals surface area contributed by atoms with E-state index in [2.05, 4.69) is 0 Å². The molecule has 2 aromatic carbocycles. The van der Waals surface area contributed by atoms with E-state index in [1.54, 1.807) is 0 Å². The van der Waals surface area contributed by atoms with E-state index in [4.69, 9.17) is 0 Å². The summed E-state index contributed by atoms with van der Waals surface area (Å²) in [5, 5.41) is 10.2.